The fourth-order valence-corrected chi connectivity index (χ4v) is 4.84. The van der Waals surface area contributed by atoms with E-state index in [0.29, 0.717) is 24.7 Å². The minimum absolute atomic E-state index is 0.0141. The van der Waals surface area contributed by atoms with Crippen molar-refractivity contribution in [3.8, 4) is 11.5 Å². The van der Waals surface area contributed by atoms with Gasteiger partial charge in [0.05, 0.1) is 25.4 Å². The molecule has 0 radical (unpaired) electrons. The van der Waals surface area contributed by atoms with E-state index in [-0.39, 0.29) is 18.5 Å². The number of carbonyl (C=O) groups excluding carboxylic acids is 1. The van der Waals surface area contributed by atoms with Crippen LogP contribution < -0.4 is 19.7 Å². The first-order chi connectivity index (χ1) is 15.3. The second-order valence-corrected chi connectivity index (χ2v) is 8.21. The lowest BCUT2D eigenvalue weighted by Gasteiger charge is -2.37. The lowest BCUT2D eigenvalue weighted by Crippen LogP contribution is -2.43. The molecule has 3 aromatic rings. The van der Waals surface area contributed by atoms with Crippen molar-refractivity contribution in [2.45, 2.75) is 10.9 Å². The van der Waals surface area contributed by atoms with E-state index in [2.05, 4.69) is 23.5 Å². The number of nitrogens with zero attached hydrogens (tertiary/aromatic N) is 1. The summed E-state index contributed by atoms with van der Waals surface area (Å²) in [5, 5.41) is 3.23. The van der Waals surface area contributed by atoms with E-state index in [0.717, 1.165) is 21.9 Å². The molecule has 31 heavy (non-hydrogen) atoms. The number of nitrogens with one attached hydrogen (secondary N) is 1. The van der Waals surface area contributed by atoms with Crippen molar-refractivity contribution in [1.29, 1.82) is 0 Å². The number of anilines is 1. The molecular weight excluding hydrogens is 408 g/mol. The number of para-hydroxylation sites is 3. The number of carbonyl (C=O) groups is 1. The second kappa shape index (κ2) is 10.4. The van der Waals surface area contributed by atoms with E-state index in [4.69, 9.17) is 9.47 Å². The van der Waals surface area contributed by atoms with Crippen LogP contribution in [0.1, 0.15) is 11.6 Å². The Labute approximate surface area is 187 Å². The third-order valence-corrected chi connectivity index (χ3v) is 6.31. The number of rotatable bonds is 8. The topological polar surface area (TPSA) is 50.8 Å². The Morgan fingerprint density at radius 1 is 1.00 bits per heavy atom. The summed E-state index contributed by atoms with van der Waals surface area (Å²) in [4.78, 5) is 16.4. The smallest absolute Gasteiger partial charge is 0.241 e. The molecule has 6 heteroatoms. The molecule has 1 N–H and O–H groups in total. The number of methoxy groups -OCH3 is 1. The maximum absolute atomic E-state index is 13.3. The van der Waals surface area contributed by atoms with E-state index in [1.54, 1.807) is 18.9 Å². The maximum atomic E-state index is 13.3. The number of ether oxygens (including phenoxy) is 2. The van der Waals surface area contributed by atoms with E-state index >= 15 is 0 Å². The number of hydrogen-bond donors (Lipinski definition) is 1. The highest BCUT2D eigenvalue weighted by molar-refractivity contribution is 7.99. The zero-order valence-corrected chi connectivity index (χ0v) is 18.3. The fourth-order valence-electron chi connectivity index (χ4n) is 3.67. The van der Waals surface area contributed by atoms with Crippen molar-refractivity contribution in [3.05, 3.63) is 84.4 Å². The van der Waals surface area contributed by atoms with Crippen LogP contribution >= 0.6 is 11.8 Å². The molecule has 5 nitrogen and oxygen atoms in total. The Balaban J connectivity index is 1.39. The average molecular weight is 435 g/mol. The zero-order valence-electron chi connectivity index (χ0n) is 17.5. The van der Waals surface area contributed by atoms with Crippen LogP contribution in [0.3, 0.4) is 0 Å². The standard InChI is InChI=1S/C25H26N2O3S/c1-29-22-12-6-7-13-23(22)30-16-15-26-17-25(28)27-20-11-5-8-14-24(20)31-18-21(27)19-9-3-2-4-10-19/h2-14,21,26H,15-18H2,1H3. The van der Waals surface area contributed by atoms with Gasteiger partial charge in [-0.05, 0) is 29.8 Å². The molecule has 0 saturated carbocycles. The van der Waals surface area contributed by atoms with Gasteiger partial charge in [0.25, 0.3) is 0 Å². The monoisotopic (exact) mass is 434 g/mol. The van der Waals surface area contributed by atoms with Crippen molar-refractivity contribution in [1.82, 2.24) is 5.32 Å². The number of amides is 1. The van der Waals surface area contributed by atoms with Crippen molar-refractivity contribution in [2.24, 2.45) is 0 Å². The molecule has 0 aromatic heterocycles. The van der Waals surface area contributed by atoms with Gasteiger partial charge in [0.1, 0.15) is 6.61 Å². The van der Waals surface area contributed by atoms with Crippen LogP contribution in [0.4, 0.5) is 5.69 Å². The molecule has 3 aromatic carbocycles. The van der Waals surface area contributed by atoms with Gasteiger partial charge >= 0.3 is 0 Å². The zero-order chi connectivity index (χ0) is 21.5. The number of benzene rings is 3. The Hall–Kier alpha value is -2.96. The summed E-state index contributed by atoms with van der Waals surface area (Å²) >= 11 is 1.80. The predicted octanol–water partition coefficient (Wildman–Crippen LogP) is 4.54. The molecular formula is C25H26N2O3S. The van der Waals surface area contributed by atoms with Gasteiger partial charge in [-0.3, -0.25) is 4.79 Å². The normalized spacial score (nSPS) is 15.3. The summed E-state index contributed by atoms with van der Waals surface area (Å²) in [6.07, 6.45) is 0. The number of fused-ring (bicyclic) bond motifs is 1. The van der Waals surface area contributed by atoms with Gasteiger partial charge in [-0.15, -0.1) is 11.8 Å². The molecule has 1 atom stereocenters. The van der Waals surface area contributed by atoms with Crippen molar-refractivity contribution < 1.29 is 14.3 Å². The van der Waals surface area contributed by atoms with E-state index in [1.165, 1.54) is 0 Å². The highest BCUT2D eigenvalue weighted by atomic mass is 32.2. The van der Waals surface area contributed by atoms with Gasteiger partial charge in [-0.2, -0.15) is 0 Å². The van der Waals surface area contributed by atoms with E-state index in [1.807, 2.05) is 65.6 Å². The summed E-state index contributed by atoms with van der Waals surface area (Å²) in [5.74, 6) is 2.29. The molecule has 1 aliphatic heterocycles. The van der Waals surface area contributed by atoms with Crippen LogP contribution in [0, 0.1) is 0 Å². The summed E-state index contributed by atoms with van der Waals surface area (Å²) in [5.41, 5.74) is 2.13. The molecule has 0 aliphatic carbocycles. The first kappa shape index (κ1) is 21.3. The lowest BCUT2D eigenvalue weighted by molar-refractivity contribution is -0.118. The van der Waals surface area contributed by atoms with Gasteiger partial charge in [0.15, 0.2) is 11.5 Å². The molecule has 1 unspecified atom stereocenters. The molecule has 160 valence electrons. The van der Waals surface area contributed by atoms with Crippen LogP contribution in [0.25, 0.3) is 0 Å². The first-order valence-electron chi connectivity index (χ1n) is 10.3. The van der Waals surface area contributed by atoms with Gasteiger partial charge in [-0.1, -0.05) is 54.6 Å². The van der Waals surface area contributed by atoms with Crippen molar-refractivity contribution in [3.63, 3.8) is 0 Å². The van der Waals surface area contributed by atoms with Crippen molar-refractivity contribution in [2.75, 3.05) is 37.5 Å². The molecule has 1 heterocycles. The molecule has 4 rings (SSSR count). The number of hydrogen-bond acceptors (Lipinski definition) is 5. The highest BCUT2D eigenvalue weighted by Gasteiger charge is 2.32. The van der Waals surface area contributed by atoms with E-state index < -0.39 is 0 Å². The average Bonchev–Trinajstić information content (AvgIpc) is 2.83. The second-order valence-electron chi connectivity index (χ2n) is 7.15. The largest absolute Gasteiger partial charge is 0.493 e. The maximum Gasteiger partial charge on any atom is 0.241 e. The minimum Gasteiger partial charge on any atom is -0.493 e. The molecule has 0 fully saturated rings. The fraction of sp³-hybridized carbons (Fsp3) is 0.240. The van der Waals surface area contributed by atoms with Gasteiger partial charge < -0.3 is 19.7 Å². The van der Waals surface area contributed by atoms with Gasteiger partial charge in [0.2, 0.25) is 5.91 Å². The first-order valence-corrected chi connectivity index (χ1v) is 11.3. The van der Waals surface area contributed by atoms with Crippen LogP contribution in [-0.4, -0.2) is 38.5 Å². The predicted molar refractivity (Wildman–Crippen MR) is 125 cm³/mol. The summed E-state index contributed by atoms with van der Waals surface area (Å²) in [6.45, 7) is 1.25. The number of thioether (sulfide) groups is 1. The van der Waals surface area contributed by atoms with Crippen LogP contribution in [-0.2, 0) is 4.79 Å². The molecule has 0 saturated heterocycles. The minimum atomic E-state index is 0.0141. The quantitative estimate of drug-likeness (QED) is 0.528. The van der Waals surface area contributed by atoms with Crippen LogP contribution in [0.2, 0.25) is 0 Å². The lowest BCUT2D eigenvalue weighted by atomic mass is 10.1. The Morgan fingerprint density at radius 3 is 2.52 bits per heavy atom. The van der Waals surface area contributed by atoms with Crippen molar-refractivity contribution >= 4 is 23.4 Å². The van der Waals surface area contributed by atoms with E-state index in [9.17, 15) is 4.79 Å². The molecule has 0 bridgehead atoms. The molecule has 0 spiro atoms. The third kappa shape index (κ3) is 5.03. The summed E-state index contributed by atoms with van der Waals surface area (Å²) in [6, 6.07) is 25.9. The Bertz CT molecular complexity index is 1010. The van der Waals surface area contributed by atoms with Crippen LogP contribution in [0.15, 0.2) is 83.8 Å². The van der Waals surface area contributed by atoms with Gasteiger partial charge in [0, 0.05) is 17.2 Å². The van der Waals surface area contributed by atoms with Crippen LogP contribution in [0.5, 0.6) is 11.5 Å². The Kier molecular flexibility index (Phi) is 7.12. The SMILES string of the molecule is COc1ccccc1OCCNCC(=O)N1c2ccccc2SCC1c1ccccc1. The highest BCUT2D eigenvalue weighted by Crippen LogP contribution is 2.42. The third-order valence-electron chi connectivity index (χ3n) is 5.17. The van der Waals surface area contributed by atoms with Gasteiger partial charge in [-0.25, -0.2) is 0 Å². The molecule has 1 amide bonds. The Morgan fingerprint density at radius 2 is 1.71 bits per heavy atom. The summed E-state index contributed by atoms with van der Waals surface area (Å²) < 4.78 is 11.1. The molecule has 1 aliphatic rings. The summed E-state index contributed by atoms with van der Waals surface area (Å²) in [7, 11) is 1.62.